The van der Waals surface area contributed by atoms with Crippen molar-refractivity contribution in [3.63, 3.8) is 0 Å². The third kappa shape index (κ3) is 6.09. The molecule has 1 aromatic heterocycles. The fourth-order valence-electron chi connectivity index (χ4n) is 3.27. The summed E-state index contributed by atoms with van der Waals surface area (Å²) in [6.07, 6.45) is -4.54. The minimum absolute atomic E-state index is 0. The van der Waals surface area contributed by atoms with Crippen molar-refractivity contribution in [1.82, 2.24) is 9.88 Å². The number of ether oxygens (including phenoxy) is 1. The molecule has 2 aromatic carbocycles. The summed E-state index contributed by atoms with van der Waals surface area (Å²) in [4.78, 5) is 21.5. The molecule has 0 aliphatic carbocycles. The highest BCUT2D eigenvalue weighted by Crippen LogP contribution is 2.39. The monoisotopic (exact) mass is 521 g/mol. The summed E-state index contributed by atoms with van der Waals surface area (Å²) in [5.41, 5.74) is -0.428. The lowest BCUT2D eigenvalue weighted by molar-refractivity contribution is -0.137. The lowest BCUT2D eigenvalue weighted by atomic mass is 10.1. The molecule has 0 spiro atoms. The molecule has 0 aliphatic rings. The van der Waals surface area contributed by atoms with Crippen LogP contribution in [0.1, 0.15) is 29.8 Å². The number of carbonyl (C=O) groups is 1. The maximum atomic E-state index is 13.4. The number of rotatable bonds is 8. The lowest BCUT2D eigenvalue weighted by Crippen LogP contribution is -2.39. The van der Waals surface area contributed by atoms with E-state index in [0.29, 0.717) is 32.7 Å². The van der Waals surface area contributed by atoms with Gasteiger partial charge in [-0.05, 0) is 43.4 Å². The van der Waals surface area contributed by atoms with Crippen molar-refractivity contribution >= 4 is 56.6 Å². The molecule has 0 radical (unpaired) electrons. The Morgan fingerprint density at radius 3 is 2.45 bits per heavy atom. The summed E-state index contributed by atoms with van der Waals surface area (Å²) in [6, 6.07) is 7.79. The Balaban J connectivity index is 0.00000385. The summed E-state index contributed by atoms with van der Waals surface area (Å²) in [7, 11) is 1.51. The standard InChI is InChI=1S/C22H23ClF3N3O2S.ClH/c1-4-28(5-2)11-12-29(20(30)14-7-6-8-15(13-14)22(24,25)26)21-27-18-17(31-3)10-9-16(23)19(18)32-21;/h6-10,13H,4-5,11-12H2,1-3H3;1H. The van der Waals surface area contributed by atoms with E-state index in [1.54, 1.807) is 12.1 Å². The molecule has 0 unspecified atom stereocenters. The Morgan fingerprint density at radius 2 is 1.85 bits per heavy atom. The molecule has 0 saturated carbocycles. The van der Waals surface area contributed by atoms with Crippen LogP contribution in [0.25, 0.3) is 10.2 Å². The highest BCUT2D eigenvalue weighted by atomic mass is 35.5. The second-order valence-corrected chi connectivity index (χ2v) is 8.37. The Bertz CT molecular complexity index is 1100. The van der Waals surface area contributed by atoms with Crippen molar-refractivity contribution in [2.75, 3.05) is 38.2 Å². The Morgan fingerprint density at radius 1 is 1.15 bits per heavy atom. The predicted octanol–water partition coefficient (Wildman–Crippen LogP) is 6.39. The van der Waals surface area contributed by atoms with Gasteiger partial charge in [0.2, 0.25) is 0 Å². The van der Waals surface area contributed by atoms with E-state index in [4.69, 9.17) is 16.3 Å². The van der Waals surface area contributed by atoms with Crippen LogP contribution in [0.4, 0.5) is 18.3 Å². The number of methoxy groups -OCH3 is 1. The lowest BCUT2D eigenvalue weighted by Gasteiger charge is -2.25. The van der Waals surface area contributed by atoms with Crippen LogP contribution in [-0.2, 0) is 6.18 Å². The van der Waals surface area contributed by atoms with Gasteiger partial charge in [0.05, 0.1) is 22.4 Å². The summed E-state index contributed by atoms with van der Waals surface area (Å²) < 4.78 is 45.6. The molecule has 1 heterocycles. The predicted molar refractivity (Wildman–Crippen MR) is 129 cm³/mol. The highest BCUT2D eigenvalue weighted by molar-refractivity contribution is 7.23. The largest absolute Gasteiger partial charge is 0.494 e. The minimum atomic E-state index is -4.54. The number of hydrogen-bond donors (Lipinski definition) is 0. The van der Waals surface area contributed by atoms with Gasteiger partial charge < -0.3 is 9.64 Å². The second kappa shape index (κ2) is 11.4. The molecule has 5 nitrogen and oxygen atoms in total. The van der Waals surface area contributed by atoms with Crippen molar-refractivity contribution in [2.45, 2.75) is 20.0 Å². The van der Waals surface area contributed by atoms with E-state index in [9.17, 15) is 18.0 Å². The molecule has 3 aromatic rings. The SMILES string of the molecule is CCN(CC)CCN(C(=O)c1cccc(C(F)(F)F)c1)c1nc2c(OC)ccc(Cl)c2s1.Cl. The third-order valence-corrected chi connectivity index (χ3v) is 6.65. The zero-order chi connectivity index (χ0) is 23.5. The van der Waals surface area contributed by atoms with Gasteiger partial charge >= 0.3 is 6.18 Å². The number of benzene rings is 2. The maximum absolute atomic E-state index is 13.4. The number of fused-ring (bicyclic) bond motifs is 1. The van der Waals surface area contributed by atoms with Gasteiger partial charge in [0, 0.05) is 18.7 Å². The van der Waals surface area contributed by atoms with Gasteiger partial charge in [-0.3, -0.25) is 9.69 Å². The Labute approximate surface area is 205 Å². The number of halogens is 5. The van der Waals surface area contributed by atoms with Crippen molar-refractivity contribution in [2.24, 2.45) is 0 Å². The zero-order valence-corrected chi connectivity index (χ0v) is 20.7. The highest BCUT2D eigenvalue weighted by Gasteiger charge is 2.32. The number of aromatic nitrogens is 1. The summed E-state index contributed by atoms with van der Waals surface area (Å²) in [6.45, 7) is 6.37. The van der Waals surface area contributed by atoms with Gasteiger partial charge in [0.25, 0.3) is 5.91 Å². The van der Waals surface area contributed by atoms with E-state index in [0.717, 1.165) is 25.2 Å². The molecular weight excluding hydrogens is 498 g/mol. The van der Waals surface area contributed by atoms with Crippen molar-refractivity contribution in [3.05, 3.63) is 52.5 Å². The van der Waals surface area contributed by atoms with Gasteiger partial charge in [-0.1, -0.05) is 42.9 Å². The van der Waals surface area contributed by atoms with Crippen LogP contribution in [0.15, 0.2) is 36.4 Å². The van der Waals surface area contributed by atoms with Crippen molar-refractivity contribution in [1.29, 1.82) is 0 Å². The van der Waals surface area contributed by atoms with E-state index in [1.807, 2.05) is 13.8 Å². The van der Waals surface area contributed by atoms with Gasteiger partial charge in [0.15, 0.2) is 5.13 Å². The van der Waals surface area contributed by atoms with Crippen LogP contribution >= 0.6 is 35.3 Å². The molecule has 0 fully saturated rings. The van der Waals surface area contributed by atoms with Crippen LogP contribution in [-0.4, -0.2) is 49.1 Å². The fraction of sp³-hybridized carbons (Fsp3) is 0.364. The molecule has 0 bridgehead atoms. The van der Waals surface area contributed by atoms with E-state index in [2.05, 4.69) is 9.88 Å². The first kappa shape index (κ1) is 27.2. The van der Waals surface area contributed by atoms with E-state index in [1.165, 1.54) is 35.5 Å². The topological polar surface area (TPSA) is 45.7 Å². The number of amides is 1. The average Bonchev–Trinajstić information content (AvgIpc) is 3.22. The molecular formula is C22H24Cl2F3N3O2S. The molecule has 3 rings (SSSR count). The van der Waals surface area contributed by atoms with Gasteiger partial charge in [-0.25, -0.2) is 4.98 Å². The third-order valence-electron chi connectivity index (χ3n) is 5.11. The van der Waals surface area contributed by atoms with Crippen LogP contribution in [0, 0.1) is 0 Å². The zero-order valence-electron chi connectivity index (χ0n) is 18.3. The molecule has 0 atom stereocenters. The summed E-state index contributed by atoms with van der Waals surface area (Å²) in [5, 5.41) is 0.806. The molecule has 0 N–H and O–H groups in total. The molecule has 1 amide bonds. The van der Waals surface area contributed by atoms with Crippen molar-refractivity contribution < 1.29 is 22.7 Å². The number of likely N-dealkylation sites (N-methyl/N-ethyl adjacent to an activating group) is 1. The van der Waals surface area contributed by atoms with Crippen LogP contribution in [0.2, 0.25) is 5.02 Å². The number of thiazole rings is 1. The minimum Gasteiger partial charge on any atom is -0.494 e. The first-order valence-electron chi connectivity index (χ1n) is 10.0. The number of carbonyl (C=O) groups excluding carboxylic acids is 1. The summed E-state index contributed by atoms with van der Waals surface area (Å²) >= 11 is 7.52. The smallest absolute Gasteiger partial charge is 0.416 e. The molecule has 0 aliphatic heterocycles. The normalized spacial score (nSPS) is 11.5. The van der Waals surface area contributed by atoms with Gasteiger partial charge in [-0.15, -0.1) is 12.4 Å². The number of anilines is 1. The molecule has 180 valence electrons. The van der Waals surface area contributed by atoms with Crippen LogP contribution in [0.5, 0.6) is 5.75 Å². The maximum Gasteiger partial charge on any atom is 0.416 e. The van der Waals surface area contributed by atoms with Crippen molar-refractivity contribution in [3.8, 4) is 5.75 Å². The van der Waals surface area contributed by atoms with Gasteiger partial charge in [0.1, 0.15) is 11.3 Å². The van der Waals surface area contributed by atoms with Gasteiger partial charge in [-0.2, -0.15) is 13.2 Å². The Hall–Kier alpha value is -2.07. The fourth-order valence-corrected chi connectivity index (χ4v) is 4.55. The number of alkyl halides is 3. The van der Waals surface area contributed by atoms with E-state index < -0.39 is 17.6 Å². The second-order valence-electron chi connectivity index (χ2n) is 6.99. The number of hydrogen-bond acceptors (Lipinski definition) is 5. The van der Waals surface area contributed by atoms with E-state index in [-0.39, 0.29) is 24.5 Å². The first-order valence-corrected chi connectivity index (χ1v) is 11.2. The van der Waals surface area contributed by atoms with E-state index >= 15 is 0 Å². The molecule has 0 saturated heterocycles. The average molecular weight is 522 g/mol. The molecule has 33 heavy (non-hydrogen) atoms. The molecule has 11 heteroatoms. The van der Waals surface area contributed by atoms with Crippen LogP contribution in [0.3, 0.4) is 0 Å². The number of nitrogens with zero attached hydrogens (tertiary/aromatic N) is 3. The quantitative estimate of drug-likeness (QED) is 0.344. The Kier molecular flexibility index (Phi) is 9.37. The van der Waals surface area contributed by atoms with Crippen LogP contribution < -0.4 is 9.64 Å². The summed E-state index contributed by atoms with van der Waals surface area (Å²) in [5.74, 6) is -0.0560. The first-order chi connectivity index (χ1) is 15.2.